The maximum Gasteiger partial charge on any atom is 0.0593 e. The lowest BCUT2D eigenvalue weighted by molar-refractivity contribution is 0.0677. The quantitative estimate of drug-likeness (QED) is 0.608. The van der Waals surface area contributed by atoms with Gasteiger partial charge < -0.3 is 10.1 Å². The second-order valence-electron chi connectivity index (χ2n) is 5.14. The van der Waals surface area contributed by atoms with E-state index in [4.69, 9.17) is 4.74 Å². The molecule has 0 bridgehead atoms. The van der Waals surface area contributed by atoms with Gasteiger partial charge in [0.2, 0.25) is 0 Å². The lowest BCUT2D eigenvalue weighted by atomic mass is 10.1. The predicted octanol–water partition coefficient (Wildman–Crippen LogP) is 1.73. The van der Waals surface area contributed by atoms with E-state index in [1.54, 1.807) is 0 Å². The molecule has 0 aromatic rings. The molecule has 1 rings (SSSR count). The molecule has 96 valence electrons. The van der Waals surface area contributed by atoms with Gasteiger partial charge in [-0.05, 0) is 25.3 Å². The fourth-order valence-corrected chi connectivity index (χ4v) is 1.90. The van der Waals surface area contributed by atoms with Crippen LogP contribution in [0.2, 0.25) is 0 Å². The van der Waals surface area contributed by atoms with Crippen LogP contribution in [0.1, 0.15) is 33.6 Å². The van der Waals surface area contributed by atoms with Crippen molar-refractivity contribution in [2.45, 2.75) is 39.7 Å². The Hall–Kier alpha value is -0.120. The molecule has 1 aliphatic rings. The summed E-state index contributed by atoms with van der Waals surface area (Å²) in [6, 6.07) is 0.758. The number of nitrogens with one attached hydrogen (secondary N) is 1. The molecule has 0 aromatic carbocycles. The van der Waals surface area contributed by atoms with Crippen molar-refractivity contribution in [2.24, 2.45) is 5.92 Å². The van der Waals surface area contributed by atoms with E-state index in [1.807, 2.05) is 0 Å². The number of ether oxygens (including phenoxy) is 1. The van der Waals surface area contributed by atoms with Gasteiger partial charge in [0.05, 0.1) is 6.61 Å². The molecule has 0 saturated carbocycles. The standard InChI is InChI=1S/C13H28N2O/c1-4-6-15(13-10-14-11-13)7-9-16-8-5-12(2)3/h12-14H,4-11H2,1-3H3. The van der Waals surface area contributed by atoms with Crippen LogP contribution in [0.3, 0.4) is 0 Å². The summed E-state index contributed by atoms with van der Waals surface area (Å²) in [7, 11) is 0. The molecule has 3 heteroatoms. The average molecular weight is 228 g/mol. The summed E-state index contributed by atoms with van der Waals surface area (Å²) in [5, 5.41) is 3.33. The summed E-state index contributed by atoms with van der Waals surface area (Å²) >= 11 is 0. The van der Waals surface area contributed by atoms with Crippen LogP contribution in [0.5, 0.6) is 0 Å². The molecule has 0 spiro atoms. The summed E-state index contributed by atoms with van der Waals surface area (Å²) in [4.78, 5) is 2.56. The predicted molar refractivity (Wildman–Crippen MR) is 68.8 cm³/mol. The first kappa shape index (κ1) is 13.9. The van der Waals surface area contributed by atoms with Crippen LogP contribution in [0, 0.1) is 5.92 Å². The zero-order valence-corrected chi connectivity index (χ0v) is 11.2. The van der Waals surface area contributed by atoms with Gasteiger partial charge in [0.25, 0.3) is 0 Å². The molecule has 1 heterocycles. The molecule has 1 saturated heterocycles. The van der Waals surface area contributed by atoms with Crippen molar-refractivity contribution >= 4 is 0 Å². The van der Waals surface area contributed by atoms with E-state index in [9.17, 15) is 0 Å². The highest BCUT2D eigenvalue weighted by Gasteiger charge is 2.23. The van der Waals surface area contributed by atoms with Crippen LogP contribution in [0.15, 0.2) is 0 Å². The van der Waals surface area contributed by atoms with E-state index in [-0.39, 0.29) is 0 Å². The Morgan fingerprint density at radius 1 is 1.25 bits per heavy atom. The van der Waals surface area contributed by atoms with Gasteiger partial charge in [-0.15, -0.1) is 0 Å². The molecule has 1 aliphatic heterocycles. The third kappa shape index (κ3) is 5.28. The number of hydrogen-bond acceptors (Lipinski definition) is 3. The first-order chi connectivity index (χ1) is 7.74. The van der Waals surface area contributed by atoms with Crippen LogP contribution in [-0.4, -0.2) is 50.3 Å². The maximum absolute atomic E-state index is 5.68. The number of rotatable bonds is 9. The topological polar surface area (TPSA) is 24.5 Å². The highest BCUT2D eigenvalue weighted by molar-refractivity contribution is 4.84. The molecular formula is C13H28N2O. The Bertz CT molecular complexity index is 169. The van der Waals surface area contributed by atoms with Gasteiger partial charge in [-0.2, -0.15) is 0 Å². The van der Waals surface area contributed by atoms with Crippen molar-refractivity contribution in [1.82, 2.24) is 10.2 Å². The van der Waals surface area contributed by atoms with E-state index in [1.165, 1.54) is 19.4 Å². The molecule has 0 amide bonds. The van der Waals surface area contributed by atoms with Gasteiger partial charge in [0.1, 0.15) is 0 Å². The average Bonchev–Trinajstić information content (AvgIpc) is 2.14. The molecule has 0 atom stereocenters. The summed E-state index contributed by atoms with van der Waals surface area (Å²) < 4.78 is 5.68. The Morgan fingerprint density at radius 2 is 2.00 bits per heavy atom. The van der Waals surface area contributed by atoms with E-state index in [0.29, 0.717) is 0 Å². The molecule has 3 nitrogen and oxygen atoms in total. The summed E-state index contributed by atoms with van der Waals surface area (Å²) in [6.07, 6.45) is 2.42. The van der Waals surface area contributed by atoms with Crippen molar-refractivity contribution in [1.29, 1.82) is 0 Å². The SMILES string of the molecule is CCCN(CCOCCC(C)C)C1CNC1. The molecule has 0 radical (unpaired) electrons. The molecule has 0 unspecified atom stereocenters. The van der Waals surface area contributed by atoms with Crippen molar-refractivity contribution in [3.63, 3.8) is 0 Å². The van der Waals surface area contributed by atoms with E-state index >= 15 is 0 Å². The molecule has 0 aromatic heterocycles. The Morgan fingerprint density at radius 3 is 2.50 bits per heavy atom. The number of nitrogens with zero attached hydrogens (tertiary/aromatic N) is 1. The first-order valence-electron chi connectivity index (χ1n) is 6.76. The lowest BCUT2D eigenvalue weighted by Crippen LogP contribution is -2.57. The minimum absolute atomic E-state index is 0.752. The largest absolute Gasteiger partial charge is 0.380 e. The van der Waals surface area contributed by atoms with Crippen LogP contribution < -0.4 is 5.32 Å². The van der Waals surface area contributed by atoms with Crippen LogP contribution in [0.25, 0.3) is 0 Å². The first-order valence-corrected chi connectivity index (χ1v) is 6.76. The Balaban J connectivity index is 2.03. The van der Waals surface area contributed by atoms with Crippen molar-refractivity contribution in [3.05, 3.63) is 0 Å². The highest BCUT2D eigenvalue weighted by atomic mass is 16.5. The molecule has 1 N–H and O–H groups in total. The van der Waals surface area contributed by atoms with Gasteiger partial charge in [-0.1, -0.05) is 20.8 Å². The summed E-state index contributed by atoms with van der Waals surface area (Å²) in [5.41, 5.74) is 0. The third-order valence-electron chi connectivity index (χ3n) is 3.15. The smallest absolute Gasteiger partial charge is 0.0593 e. The summed E-state index contributed by atoms with van der Waals surface area (Å²) in [5.74, 6) is 0.752. The second-order valence-corrected chi connectivity index (χ2v) is 5.14. The number of hydrogen-bond donors (Lipinski definition) is 1. The minimum atomic E-state index is 0.752. The Kier molecular flexibility index (Phi) is 7.01. The van der Waals surface area contributed by atoms with Crippen LogP contribution in [-0.2, 0) is 4.74 Å². The second kappa shape index (κ2) is 8.04. The molecule has 0 aliphatic carbocycles. The zero-order chi connectivity index (χ0) is 11.8. The highest BCUT2D eigenvalue weighted by Crippen LogP contribution is 2.06. The van der Waals surface area contributed by atoms with Gasteiger partial charge in [-0.3, -0.25) is 4.90 Å². The monoisotopic (exact) mass is 228 g/mol. The third-order valence-corrected chi connectivity index (χ3v) is 3.15. The fourth-order valence-electron chi connectivity index (χ4n) is 1.90. The summed E-state index contributed by atoms with van der Waals surface area (Å²) in [6.45, 7) is 13.2. The van der Waals surface area contributed by atoms with Crippen LogP contribution >= 0.6 is 0 Å². The van der Waals surface area contributed by atoms with Gasteiger partial charge in [0.15, 0.2) is 0 Å². The van der Waals surface area contributed by atoms with Crippen molar-refractivity contribution < 1.29 is 4.74 Å². The van der Waals surface area contributed by atoms with E-state index in [2.05, 4.69) is 31.0 Å². The lowest BCUT2D eigenvalue weighted by Gasteiger charge is -2.38. The van der Waals surface area contributed by atoms with Gasteiger partial charge >= 0.3 is 0 Å². The normalized spacial score (nSPS) is 17.1. The van der Waals surface area contributed by atoms with Crippen LogP contribution in [0.4, 0.5) is 0 Å². The molecule has 16 heavy (non-hydrogen) atoms. The van der Waals surface area contributed by atoms with Crippen molar-refractivity contribution in [3.8, 4) is 0 Å². The fraction of sp³-hybridized carbons (Fsp3) is 1.00. The van der Waals surface area contributed by atoms with Gasteiger partial charge in [-0.25, -0.2) is 0 Å². The Labute approximate surface area is 101 Å². The maximum atomic E-state index is 5.68. The van der Waals surface area contributed by atoms with Gasteiger partial charge in [0, 0.05) is 32.3 Å². The molecule has 1 fully saturated rings. The zero-order valence-electron chi connectivity index (χ0n) is 11.2. The van der Waals surface area contributed by atoms with E-state index < -0.39 is 0 Å². The van der Waals surface area contributed by atoms with E-state index in [0.717, 1.165) is 44.8 Å². The minimum Gasteiger partial charge on any atom is -0.380 e. The van der Waals surface area contributed by atoms with Crippen molar-refractivity contribution in [2.75, 3.05) is 39.4 Å². The molecular weight excluding hydrogens is 200 g/mol.